The Labute approximate surface area is 188 Å². The maximum absolute atomic E-state index is 13.6. The molecule has 0 aliphatic heterocycles. The van der Waals surface area contributed by atoms with E-state index in [-0.39, 0.29) is 29.5 Å². The first kappa shape index (κ1) is 28.9. The minimum absolute atomic E-state index is 0.00583. The van der Waals surface area contributed by atoms with Crippen molar-refractivity contribution in [1.29, 1.82) is 0 Å². The standard InChI is InChI=1S/C16H20B3F6NO6S/c1-7(27)26-12-9(4-18)2-8(3-17)11(10(12)5-19)13(28)32-14(15(20,21)22,16(23,24)25)6-33(29,30)31/h2H,3-6,17-19H2,1H3,(H,26,27)(H,29,30,31). The quantitative estimate of drug-likeness (QED) is 0.224. The summed E-state index contributed by atoms with van der Waals surface area (Å²) in [5, 5.41) is 2.42. The number of carbonyl (C=O) groups excluding carboxylic acids is 2. The van der Waals surface area contributed by atoms with Gasteiger partial charge >= 0.3 is 23.9 Å². The van der Waals surface area contributed by atoms with Crippen molar-refractivity contribution in [2.24, 2.45) is 0 Å². The highest BCUT2D eigenvalue weighted by atomic mass is 32.2. The highest BCUT2D eigenvalue weighted by Crippen LogP contribution is 2.47. The normalized spacial score (nSPS) is 13.0. The van der Waals surface area contributed by atoms with Crippen LogP contribution in [0.15, 0.2) is 6.07 Å². The lowest BCUT2D eigenvalue weighted by atomic mass is 9.80. The van der Waals surface area contributed by atoms with Gasteiger partial charge in [0.1, 0.15) is 29.3 Å². The lowest BCUT2D eigenvalue weighted by Gasteiger charge is -2.36. The van der Waals surface area contributed by atoms with E-state index in [9.17, 15) is 44.3 Å². The summed E-state index contributed by atoms with van der Waals surface area (Å²) >= 11 is 0. The average molecular weight is 501 g/mol. The SMILES string of the molecule is BCc1cc(CB)c(C(=O)OC(CS(=O)(=O)O)(C(F)(F)F)C(F)(F)F)c(CB)c1NC(C)=O. The Morgan fingerprint density at radius 2 is 1.48 bits per heavy atom. The van der Waals surface area contributed by atoms with Crippen molar-refractivity contribution in [3.05, 3.63) is 28.3 Å². The van der Waals surface area contributed by atoms with Gasteiger partial charge in [-0.25, -0.2) is 4.79 Å². The number of nitrogens with one attached hydrogen (secondary N) is 1. The van der Waals surface area contributed by atoms with Gasteiger partial charge in [0.2, 0.25) is 5.91 Å². The summed E-state index contributed by atoms with van der Waals surface area (Å²) in [7, 11) is -1.29. The van der Waals surface area contributed by atoms with Crippen molar-refractivity contribution in [3.8, 4) is 0 Å². The van der Waals surface area contributed by atoms with Gasteiger partial charge < -0.3 is 10.1 Å². The summed E-state index contributed by atoms with van der Waals surface area (Å²) in [5.74, 6) is -5.68. The number of esters is 1. The number of benzene rings is 1. The molecule has 0 aliphatic rings. The van der Waals surface area contributed by atoms with E-state index in [0.717, 1.165) is 6.92 Å². The summed E-state index contributed by atoms with van der Waals surface area (Å²) < 4.78 is 116. The molecule has 2 N–H and O–H groups in total. The van der Waals surface area contributed by atoms with E-state index in [1.54, 1.807) is 7.85 Å². The lowest BCUT2D eigenvalue weighted by Crippen LogP contribution is -2.63. The minimum Gasteiger partial charge on any atom is -0.435 e. The van der Waals surface area contributed by atoms with Crippen molar-refractivity contribution in [3.63, 3.8) is 0 Å². The Morgan fingerprint density at radius 1 is 1.00 bits per heavy atom. The van der Waals surface area contributed by atoms with Gasteiger partial charge in [0.05, 0.1) is 5.56 Å². The molecule has 0 atom stereocenters. The molecular formula is C16H20B3F6NO6S. The van der Waals surface area contributed by atoms with Crippen LogP contribution in [0.1, 0.15) is 34.0 Å². The molecule has 1 aromatic rings. The molecule has 0 saturated heterocycles. The summed E-state index contributed by atoms with van der Waals surface area (Å²) in [6.45, 7) is 1.12. The largest absolute Gasteiger partial charge is 0.438 e. The highest BCUT2D eigenvalue weighted by molar-refractivity contribution is 7.85. The van der Waals surface area contributed by atoms with E-state index in [1.165, 1.54) is 21.8 Å². The highest BCUT2D eigenvalue weighted by Gasteiger charge is 2.76. The van der Waals surface area contributed by atoms with Crippen LogP contribution in [0.4, 0.5) is 32.0 Å². The molecule has 0 saturated carbocycles. The Bertz CT molecular complexity index is 1020. The van der Waals surface area contributed by atoms with E-state index in [1.807, 2.05) is 0 Å². The maximum Gasteiger partial charge on any atom is 0.438 e. The van der Waals surface area contributed by atoms with E-state index in [2.05, 4.69) is 10.1 Å². The molecule has 1 amide bonds. The van der Waals surface area contributed by atoms with Crippen LogP contribution in [0, 0.1) is 0 Å². The van der Waals surface area contributed by atoms with Gasteiger partial charge in [0.15, 0.2) is 0 Å². The van der Waals surface area contributed by atoms with Crippen LogP contribution in [0.5, 0.6) is 0 Å². The van der Waals surface area contributed by atoms with E-state index < -0.39 is 51.3 Å². The lowest BCUT2D eigenvalue weighted by molar-refractivity contribution is -0.356. The number of hydrogen-bond acceptors (Lipinski definition) is 5. The number of hydrogen-bond donors (Lipinski definition) is 2. The molecule has 0 bridgehead atoms. The first-order valence-electron chi connectivity index (χ1n) is 9.62. The van der Waals surface area contributed by atoms with Crippen molar-refractivity contribution < 1.29 is 53.6 Å². The Hall–Kier alpha value is -2.16. The van der Waals surface area contributed by atoms with Gasteiger partial charge in [0.25, 0.3) is 10.1 Å². The predicted molar refractivity (Wildman–Crippen MR) is 114 cm³/mol. The van der Waals surface area contributed by atoms with Crippen LogP contribution in [0.2, 0.25) is 0 Å². The molecular weight excluding hydrogens is 481 g/mol. The second-order valence-corrected chi connectivity index (χ2v) is 8.56. The summed E-state index contributed by atoms with van der Waals surface area (Å²) in [4.78, 5) is 24.4. The van der Waals surface area contributed by atoms with Gasteiger partial charge in [0, 0.05) is 12.6 Å². The number of alkyl halides is 6. The molecule has 0 spiro atoms. The van der Waals surface area contributed by atoms with Crippen LogP contribution in [0.3, 0.4) is 0 Å². The van der Waals surface area contributed by atoms with E-state index in [4.69, 9.17) is 4.55 Å². The number of halogens is 6. The summed E-state index contributed by atoms with van der Waals surface area (Å²) in [6.07, 6.45) is -12.7. The molecule has 7 nitrogen and oxygen atoms in total. The first-order chi connectivity index (χ1) is 14.8. The molecule has 0 heterocycles. The maximum atomic E-state index is 13.6. The smallest absolute Gasteiger partial charge is 0.435 e. The second-order valence-electron chi connectivity index (χ2n) is 7.10. The molecule has 0 aliphatic carbocycles. The molecule has 0 unspecified atom stereocenters. The van der Waals surface area contributed by atoms with Gasteiger partial charge in [-0.1, -0.05) is 25.0 Å². The van der Waals surface area contributed by atoms with Crippen molar-refractivity contribution in [2.75, 3.05) is 11.1 Å². The zero-order valence-corrected chi connectivity index (χ0v) is 18.9. The van der Waals surface area contributed by atoms with Crippen LogP contribution in [-0.4, -0.2) is 72.1 Å². The Morgan fingerprint density at radius 3 is 1.82 bits per heavy atom. The fourth-order valence-electron chi connectivity index (χ4n) is 3.30. The molecule has 17 heteroatoms. The number of ether oxygens (including phenoxy) is 1. The van der Waals surface area contributed by atoms with E-state index in [0.29, 0.717) is 11.9 Å². The Balaban J connectivity index is 3.91. The van der Waals surface area contributed by atoms with Crippen LogP contribution < -0.4 is 5.32 Å². The molecule has 0 aromatic heterocycles. The van der Waals surface area contributed by atoms with Gasteiger partial charge in [-0.2, -0.15) is 34.8 Å². The van der Waals surface area contributed by atoms with Gasteiger partial charge in [-0.05, 0) is 16.7 Å². The zero-order chi connectivity index (χ0) is 26.0. The molecule has 0 radical (unpaired) electrons. The van der Waals surface area contributed by atoms with Crippen LogP contribution in [-0.2, 0) is 38.6 Å². The van der Waals surface area contributed by atoms with Crippen molar-refractivity contribution in [2.45, 2.75) is 43.8 Å². The van der Waals surface area contributed by atoms with Gasteiger partial charge in [-0.15, -0.1) is 0 Å². The predicted octanol–water partition coefficient (Wildman–Crippen LogP) is -0.0477. The fourth-order valence-corrected chi connectivity index (χ4v) is 4.20. The average Bonchev–Trinajstić information content (AvgIpc) is 2.63. The van der Waals surface area contributed by atoms with Gasteiger partial charge in [-0.3, -0.25) is 9.35 Å². The number of anilines is 1. The van der Waals surface area contributed by atoms with E-state index >= 15 is 0 Å². The molecule has 1 aromatic carbocycles. The molecule has 182 valence electrons. The first-order valence-corrected chi connectivity index (χ1v) is 11.2. The number of amides is 1. The number of rotatable bonds is 8. The van der Waals surface area contributed by atoms with Crippen molar-refractivity contribution >= 4 is 51.2 Å². The molecule has 0 fully saturated rings. The third kappa shape index (κ3) is 6.25. The molecule has 1 rings (SSSR count). The summed E-state index contributed by atoms with van der Waals surface area (Å²) in [5.41, 5.74) is -5.71. The monoisotopic (exact) mass is 501 g/mol. The third-order valence-electron chi connectivity index (χ3n) is 4.78. The topological polar surface area (TPSA) is 110 Å². The zero-order valence-electron chi connectivity index (χ0n) is 18.1. The van der Waals surface area contributed by atoms with Crippen molar-refractivity contribution in [1.82, 2.24) is 0 Å². The van der Waals surface area contributed by atoms with Crippen LogP contribution >= 0.6 is 0 Å². The summed E-state index contributed by atoms with van der Waals surface area (Å²) in [6, 6.07) is 1.34. The minimum atomic E-state index is -6.45. The molecule has 33 heavy (non-hydrogen) atoms. The Kier molecular flexibility index (Phi) is 8.75. The number of carbonyl (C=O) groups is 2. The van der Waals surface area contributed by atoms with Crippen LogP contribution in [0.25, 0.3) is 0 Å². The second kappa shape index (κ2) is 9.99. The fraction of sp³-hybridized carbons (Fsp3) is 0.500. The third-order valence-corrected chi connectivity index (χ3v) is 5.55.